The zero-order chi connectivity index (χ0) is 11.9. The van der Waals surface area contributed by atoms with E-state index in [0.717, 1.165) is 0 Å². The highest BCUT2D eigenvalue weighted by Crippen LogP contribution is 2.15. The van der Waals surface area contributed by atoms with Gasteiger partial charge in [0.25, 0.3) is 6.29 Å². The predicted molar refractivity (Wildman–Crippen MR) is 65.0 cm³/mol. The molecule has 0 aliphatic heterocycles. The molecule has 17 heavy (non-hydrogen) atoms. The van der Waals surface area contributed by atoms with Crippen LogP contribution in [0, 0.1) is 0 Å². The zero-order valence-electron chi connectivity index (χ0n) is 9.32. The maximum absolute atomic E-state index is 9.20. The van der Waals surface area contributed by atoms with Gasteiger partial charge in [-0.2, -0.15) is 0 Å². The van der Waals surface area contributed by atoms with E-state index in [-0.39, 0.29) is 6.61 Å². The smallest absolute Gasteiger partial charge is 0.263 e. The lowest BCUT2D eigenvalue weighted by atomic mass is 10.3. The first kappa shape index (κ1) is 11.5. The molecule has 1 N–H and O–H groups in total. The number of para-hydroxylation sites is 2. The number of benzene rings is 2. The summed E-state index contributed by atoms with van der Waals surface area (Å²) in [7, 11) is 0. The number of ether oxygens (including phenoxy) is 2. The Bertz CT molecular complexity index is 386. The van der Waals surface area contributed by atoms with Crippen LogP contribution in [0.1, 0.15) is 0 Å². The average molecular weight is 230 g/mol. The van der Waals surface area contributed by atoms with Crippen LogP contribution in [-0.4, -0.2) is 18.0 Å². The highest BCUT2D eigenvalue weighted by Gasteiger charge is 2.10. The summed E-state index contributed by atoms with van der Waals surface area (Å²) in [4.78, 5) is 0. The second kappa shape index (κ2) is 5.92. The van der Waals surface area contributed by atoms with Crippen molar-refractivity contribution in [1.82, 2.24) is 0 Å². The van der Waals surface area contributed by atoms with Crippen molar-refractivity contribution in [2.75, 3.05) is 6.61 Å². The molecule has 88 valence electrons. The van der Waals surface area contributed by atoms with Crippen molar-refractivity contribution in [3.8, 4) is 11.5 Å². The summed E-state index contributed by atoms with van der Waals surface area (Å²) >= 11 is 0. The summed E-state index contributed by atoms with van der Waals surface area (Å²) < 4.78 is 11.0. The number of hydrogen-bond acceptors (Lipinski definition) is 3. The SMILES string of the molecule is OCC(Oc1ccccc1)Oc1ccccc1. The Hall–Kier alpha value is -2.00. The third-order valence-corrected chi connectivity index (χ3v) is 2.17. The van der Waals surface area contributed by atoms with E-state index < -0.39 is 6.29 Å². The maximum Gasteiger partial charge on any atom is 0.263 e. The monoisotopic (exact) mass is 230 g/mol. The van der Waals surface area contributed by atoms with Gasteiger partial charge in [-0.05, 0) is 24.3 Å². The van der Waals surface area contributed by atoms with Gasteiger partial charge in [0.15, 0.2) is 0 Å². The minimum atomic E-state index is -0.695. The van der Waals surface area contributed by atoms with E-state index in [1.165, 1.54) is 0 Å². The van der Waals surface area contributed by atoms with E-state index in [1.54, 1.807) is 0 Å². The van der Waals surface area contributed by atoms with E-state index in [9.17, 15) is 5.11 Å². The minimum absolute atomic E-state index is 0.205. The molecule has 0 atom stereocenters. The molecule has 0 unspecified atom stereocenters. The van der Waals surface area contributed by atoms with E-state index >= 15 is 0 Å². The van der Waals surface area contributed by atoms with E-state index in [4.69, 9.17) is 9.47 Å². The molecule has 0 bridgehead atoms. The fraction of sp³-hybridized carbons (Fsp3) is 0.143. The first-order chi connectivity index (χ1) is 8.38. The topological polar surface area (TPSA) is 38.7 Å². The first-order valence-corrected chi connectivity index (χ1v) is 5.43. The highest BCUT2D eigenvalue weighted by atomic mass is 16.7. The van der Waals surface area contributed by atoms with Crippen LogP contribution in [0.3, 0.4) is 0 Å². The molecule has 0 fully saturated rings. The molecule has 0 heterocycles. The van der Waals surface area contributed by atoms with Crippen LogP contribution in [0.15, 0.2) is 60.7 Å². The average Bonchev–Trinajstić information content (AvgIpc) is 2.40. The van der Waals surface area contributed by atoms with Crippen molar-refractivity contribution in [2.45, 2.75) is 6.29 Å². The van der Waals surface area contributed by atoms with Crippen LogP contribution in [0.25, 0.3) is 0 Å². The molecule has 0 aliphatic carbocycles. The summed E-state index contributed by atoms with van der Waals surface area (Å²) in [6.07, 6.45) is -0.695. The molecule has 2 aromatic rings. The largest absolute Gasteiger partial charge is 0.452 e. The Morgan fingerprint density at radius 1 is 0.765 bits per heavy atom. The third-order valence-electron chi connectivity index (χ3n) is 2.17. The van der Waals surface area contributed by atoms with Gasteiger partial charge in [-0.15, -0.1) is 0 Å². The lowest BCUT2D eigenvalue weighted by Gasteiger charge is -2.18. The molecule has 0 aromatic heterocycles. The Kier molecular flexibility index (Phi) is 4.00. The molecule has 0 spiro atoms. The lowest BCUT2D eigenvalue weighted by molar-refractivity contribution is -0.0350. The van der Waals surface area contributed by atoms with Crippen molar-refractivity contribution in [1.29, 1.82) is 0 Å². The molecule has 0 radical (unpaired) electrons. The molecule has 0 saturated heterocycles. The summed E-state index contributed by atoms with van der Waals surface area (Å²) in [6, 6.07) is 18.5. The fourth-order valence-corrected chi connectivity index (χ4v) is 1.40. The van der Waals surface area contributed by atoms with Gasteiger partial charge < -0.3 is 14.6 Å². The van der Waals surface area contributed by atoms with Crippen molar-refractivity contribution in [3.63, 3.8) is 0 Å². The second-order valence-electron chi connectivity index (χ2n) is 3.47. The van der Waals surface area contributed by atoms with Gasteiger partial charge >= 0.3 is 0 Å². The molecule has 3 heteroatoms. The first-order valence-electron chi connectivity index (χ1n) is 5.43. The van der Waals surface area contributed by atoms with Crippen molar-refractivity contribution >= 4 is 0 Å². The van der Waals surface area contributed by atoms with Crippen LogP contribution in [0.2, 0.25) is 0 Å². The second-order valence-corrected chi connectivity index (χ2v) is 3.47. The quantitative estimate of drug-likeness (QED) is 0.802. The normalized spacial score (nSPS) is 10.2. The molecule has 2 rings (SSSR count). The van der Waals surface area contributed by atoms with Crippen molar-refractivity contribution in [2.24, 2.45) is 0 Å². The fourth-order valence-electron chi connectivity index (χ4n) is 1.40. The van der Waals surface area contributed by atoms with Crippen LogP contribution in [0.5, 0.6) is 11.5 Å². The van der Waals surface area contributed by atoms with Gasteiger partial charge in [-0.3, -0.25) is 0 Å². The van der Waals surface area contributed by atoms with Gasteiger partial charge in [0.2, 0.25) is 0 Å². The predicted octanol–water partition coefficient (Wildman–Crippen LogP) is 2.46. The van der Waals surface area contributed by atoms with Gasteiger partial charge in [-0.1, -0.05) is 36.4 Å². The summed E-state index contributed by atoms with van der Waals surface area (Å²) in [5.74, 6) is 1.34. The van der Waals surface area contributed by atoms with Crippen LogP contribution < -0.4 is 9.47 Å². The Labute approximate surface area is 100 Å². The van der Waals surface area contributed by atoms with Gasteiger partial charge in [0.05, 0.1) is 0 Å². The number of aliphatic hydroxyl groups is 1. The molecule has 3 nitrogen and oxygen atoms in total. The zero-order valence-corrected chi connectivity index (χ0v) is 9.32. The van der Waals surface area contributed by atoms with Gasteiger partial charge in [-0.25, -0.2) is 0 Å². The highest BCUT2D eigenvalue weighted by molar-refractivity contribution is 5.23. The van der Waals surface area contributed by atoms with Crippen molar-refractivity contribution in [3.05, 3.63) is 60.7 Å². The Balaban J connectivity index is 1.98. The molecule has 0 aliphatic rings. The Morgan fingerprint density at radius 3 is 1.53 bits per heavy atom. The molecular weight excluding hydrogens is 216 g/mol. The maximum atomic E-state index is 9.20. The number of hydrogen-bond donors (Lipinski definition) is 1. The standard InChI is InChI=1S/C14H14O3/c15-11-14(16-12-7-3-1-4-8-12)17-13-9-5-2-6-10-13/h1-10,14-15H,11H2. The Morgan fingerprint density at radius 2 is 1.18 bits per heavy atom. The van der Waals surface area contributed by atoms with Gasteiger partial charge in [0, 0.05) is 0 Å². The molecular formula is C14H14O3. The van der Waals surface area contributed by atoms with E-state index in [0.29, 0.717) is 11.5 Å². The summed E-state index contributed by atoms with van der Waals surface area (Å²) in [6.45, 7) is -0.205. The van der Waals surface area contributed by atoms with E-state index in [2.05, 4.69) is 0 Å². The van der Waals surface area contributed by atoms with Crippen LogP contribution in [0.4, 0.5) is 0 Å². The summed E-state index contributed by atoms with van der Waals surface area (Å²) in [5, 5.41) is 9.20. The molecule has 0 amide bonds. The number of rotatable bonds is 5. The minimum Gasteiger partial charge on any atom is -0.452 e. The molecule has 0 saturated carbocycles. The van der Waals surface area contributed by atoms with Gasteiger partial charge in [0.1, 0.15) is 18.1 Å². The lowest BCUT2D eigenvalue weighted by Crippen LogP contribution is -2.27. The summed E-state index contributed by atoms with van der Waals surface area (Å²) in [5.41, 5.74) is 0. The van der Waals surface area contributed by atoms with E-state index in [1.807, 2.05) is 60.7 Å². The molecule has 2 aromatic carbocycles. The third kappa shape index (κ3) is 3.50. The van der Waals surface area contributed by atoms with Crippen LogP contribution in [-0.2, 0) is 0 Å². The number of aliphatic hydroxyl groups excluding tert-OH is 1. The van der Waals surface area contributed by atoms with Crippen molar-refractivity contribution < 1.29 is 14.6 Å². The van der Waals surface area contributed by atoms with Crippen LogP contribution >= 0.6 is 0 Å².